The van der Waals surface area contributed by atoms with Crippen LogP contribution >= 0.6 is 11.8 Å². The number of hydrogen-bond acceptors (Lipinski definition) is 6. The summed E-state index contributed by atoms with van der Waals surface area (Å²) in [5, 5.41) is 12.5. The highest BCUT2D eigenvalue weighted by atomic mass is 32.2. The predicted molar refractivity (Wildman–Crippen MR) is 139 cm³/mol. The van der Waals surface area contributed by atoms with E-state index in [1.54, 1.807) is 32.5 Å². The first-order valence-electron chi connectivity index (χ1n) is 12.1. The molecule has 1 aromatic carbocycles. The first-order chi connectivity index (χ1) is 16.3. The highest BCUT2D eigenvalue weighted by Gasteiger charge is 2.31. The fraction of sp³-hybridized carbons (Fsp3) is 0.630. The second kappa shape index (κ2) is 14.9. The van der Waals surface area contributed by atoms with Crippen LogP contribution in [-0.4, -0.2) is 52.4 Å². The van der Waals surface area contributed by atoms with Crippen molar-refractivity contribution in [2.75, 3.05) is 12.0 Å². The number of thioether (sulfide) groups is 1. The number of hydrogen-bond donors (Lipinski definition) is 2. The zero-order valence-corrected chi connectivity index (χ0v) is 22.7. The minimum absolute atomic E-state index is 0.0714. The summed E-state index contributed by atoms with van der Waals surface area (Å²) in [5.74, 6) is -2.90. The molecule has 0 aliphatic carbocycles. The monoisotopic (exact) mass is 507 g/mol. The van der Waals surface area contributed by atoms with Gasteiger partial charge in [0.2, 0.25) is 5.91 Å². The van der Waals surface area contributed by atoms with Crippen LogP contribution in [0.5, 0.6) is 0 Å². The molecule has 196 valence electrons. The number of amides is 1. The predicted octanol–water partition coefficient (Wildman–Crippen LogP) is 4.52. The lowest BCUT2D eigenvalue weighted by atomic mass is 9.89. The molecule has 0 heterocycles. The lowest BCUT2D eigenvalue weighted by Gasteiger charge is -2.25. The van der Waals surface area contributed by atoms with E-state index in [-0.39, 0.29) is 36.9 Å². The van der Waals surface area contributed by atoms with E-state index in [0.717, 1.165) is 5.56 Å². The number of rotatable bonds is 15. The molecule has 1 rings (SSSR count). The number of benzene rings is 1. The molecule has 35 heavy (non-hydrogen) atoms. The summed E-state index contributed by atoms with van der Waals surface area (Å²) in [6.07, 6.45) is 2.78. The van der Waals surface area contributed by atoms with Gasteiger partial charge in [0, 0.05) is 12.3 Å². The van der Waals surface area contributed by atoms with Gasteiger partial charge in [0.05, 0.1) is 18.4 Å². The van der Waals surface area contributed by atoms with Crippen molar-refractivity contribution in [2.45, 2.75) is 78.4 Å². The Bertz CT molecular complexity index is 834. The molecule has 1 amide bonds. The summed E-state index contributed by atoms with van der Waals surface area (Å²) in [6.45, 7) is 9.20. The summed E-state index contributed by atoms with van der Waals surface area (Å²) in [5.41, 5.74) is 0.185. The number of ether oxygens (including phenoxy) is 1. The van der Waals surface area contributed by atoms with Gasteiger partial charge in [-0.3, -0.25) is 19.2 Å². The third-order valence-corrected chi connectivity index (χ3v) is 6.05. The van der Waals surface area contributed by atoms with Crippen LogP contribution < -0.4 is 5.32 Å². The number of aliphatic carboxylic acids is 1. The van der Waals surface area contributed by atoms with Crippen LogP contribution in [0.3, 0.4) is 0 Å². The quantitative estimate of drug-likeness (QED) is 0.336. The Labute approximate surface area is 213 Å². The molecular formula is C27H41NO6S. The fourth-order valence-corrected chi connectivity index (χ4v) is 4.25. The van der Waals surface area contributed by atoms with Gasteiger partial charge in [0.1, 0.15) is 5.60 Å². The van der Waals surface area contributed by atoms with Crippen molar-refractivity contribution in [3.8, 4) is 0 Å². The summed E-state index contributed by atoms with van der Waals surface area (Å²) in [7, 11) is 0. The Balaban J connectivity index is 2.96. The van der Waals surface area contributed by atoms with Gasteiger partial charge in [-0.2, -0.15) is 11.8 Å². The number of carbonyl (C=O) groups is 4. The number of carboxylic acid groups (broad SMARTS) is 1. The van der Waals surface area contributed by atoms with E-state index >= 15 is 0 Å². The van der Waals surface area contributed by atoms with Crippen molar-refractivity contribution in [2.24, 2.45) is 17.8 Å². The van der Waals surface area contributed by atoms with Crippen LogP contribution in [0.25, 0.3) is 0 Å². The van der Waals surface area contributed by atoms with Gasteiger partial charge in [-0.15, -0.1) is 0 Å². The SMILES string of the molecule is CSCC[C@H](CC(=O)OC(C)(C)C)C(=O)N[C@@H](CC(C)C)C(=O)C[C@@H](Cc1ccccc1)C(=O)O. The van der Waals surface area contributed by atoms with Crippen molar-refractivity contribution >= 4 is 35.4 Å². The third-order valence-electron chi connectivity index (χ3n) is 5.41. The minimum Gasteiger partial charge on any atom is -0.481 e. The number of nitrogens with one attached hydrogen (secondary N) is 1. The average Bonchev–Trinajstić information content (AvgIpc) is 2.74. The van der Waals surface area contributed by atoms with Crippen LogP contribution in [0, 0.1) is 17.8 Å². The summed E-state index contributed by atoms with van der Waals surface area (Å²) in [4.78, 5) is 50.6. The fourth-order valence-electron chi connectivity index (χ4n) is 3.73. The van der Waals surface area contributed by atoms with Crippen molar-refractivity contribution < 1.29 is 29.0 Å². The number of Topliss-reactive ketones (excluding diaryl/α,β-unsaturated/α-hetero) is 1. The van der Waals surface area contributed by atoms with Crippen molar-refractivity contribution in [3.63, 3.8) is 0 Å². The first-order valence-corrected chi connectivity index (χ1v) is 13.5. The Kier molecular flexibility index (Phi) is 13.1. The number of ketones is 1. The van der Waals surface area contributed by atoms with E-state index in [2.05, 4.69) is 5.32 Å². The molecule has 0 aliphatic heterocycles. The van der Waals surface area contributed by atoms with Crippen LogP contribution in [0.4, 0.5) is 0 Å². The second-order valence-electron chi connectivity index (χ2n) is 10.4. The molecule has 1 aromatic rings. The molecule has 3 atom stereocenters. The van der Waals surface area contributed by atoms with Gasteiger partial charge in [-0.05, 0) is 63.5 Å². The van der Waals surface area contributed by atoms with E-state index in [1.807, 2.05) is 50.4 Å². The topological polar surface area (TPSA) is 110 Å². The lowest BCUT2D eigenvalue weighted by molar-refractivity contribution is -0.157. The van der Waals surface area contributed by atoms with Crippen molar-refractivity contribution in [1.29, 1.82) is 0 Å². The van der Waals surface area contributed by atoms with Gasteiger partial charge >= 0.3 is 11.9 Å². The molecule has 0 aromatic heterocycles. The van der Waals surface area contributed by atoms with Gasteiger partial charge < -0.3 is 15.2 Å². The highest BCUT2D eigenvalue weighted by Crippen LogP contribution is 2.20. The zero-order valence-electron chi connectivity index (χ0n) is 21.8. The smallest absolute Gasteiger partial charge is 0.307 e. The molecule has 0 saturated heterocycles. The molecule has 0 unspecified atom stereocenters. The number of carbonyl (C=O) groups excluding carboxylic acids is 3. The second-order valence-corrected chi connectivity index (χ2v) is 11.3. The highest BCUT2D eigenvalue weighted by molar-refractivity contribution is 7.98. The standard InChI is InChI=1S/C27H41NO6S/c1-18(2)14-22(23(29)16-21(26(32)33)15-19-10-8-7-9-11-19)28-25(31)20(12-13-35-6)17-24(30)34-27(3,4)5/h7-11,18,20-22H,12-17H2,1-6H3,(H,28,31)(H,32,33)/t20-,21-,22+/m1/s1. The molecular weight excluding hydrogens is 466 g/mol. The van der Waals surface area contributed by atoms with Crippen molar-refractivity contribution in [3.05, 3.63) is 35.9 Å². The molecule has 0 saturated carbocycles. The third kappa shape index (κ3) is 12.8. The molecule has 0 aliphatic rings. The maximum atomic E-state index is 13.2. The molecule has 2 N–H and O–H groups in total. The summed E-state index contributed by atoms with van der Waals surface area (Å²) in [6, 6.07) is 8.37. The maximum Gasteiger partial charge on any atom is 0.307 e. The Hall–Kier alpha value is -2.35. The van der Waals surface area contributed by atoms with Crippen LogP contribution in [0.15, 0.2) is 30.3 Å². The molecule has 0 spiro atoms. The van der Waals surface area contributed by atoms with E-state index in [9.17, 15) is 24.3 Å². The molecule has 0 fully saturated rings. The molecule has 0 radical (unpaired) electrons. The zero-order chi connectivity index (χ0) is 26.6. The van der Waals surface area contributed by atoms with Gasteiger partial charge in [0.15, 0.2) is 5.78 Å². The number of esters is 1. The Morgan fingerprint density at radius 1 is 1.03 bits per heavy atom. The molecule has 0 bridgehead atoms. The van der Waals surface area contributed by atoms with Gasteiger partial charge in [-0.25, -0.2) is 0 Å². The number of carboxylic acids is 1. The largest absolute Gasteiger partial charge is 0.481 e. The van der Waals surface area contributed by atoms with Crippen LogP contribution in [-0.2, 0) is 30.3 Å². The van der Waals surface area contributed by atoms with Gasteiger partial charge in [0.25, 0.3) is 0 Å². The Morgan fingerprint density at radius 3 is 2.17 bits per heavy atom. The van der Waals surface area contributed by atoms with Crippen molar-refractivity contribution in [1.82, 2.24) is 5.32 Å². The normalized spacial score (nSPS) is 14.1. The first kappa shape index (κ1) is 30.7. The lowest BCUT2D eigenvalue weighted by Crippen LogP contribution is -2.46. The average molecular weight is 508 g/mol. The van der Waals surface area contributed by atoms with E-state index in [1.165, 1.54) is 0 Å². The summed E-state index contributed by atoms with van der Waals surface area (Å²) >= 11 is 1.57. The van der Waals surface area contributed by atoms with Crippen LogP contribution in [0.2, 0.25) is 0 Å². The van der Waals surface area contributed by atoms with Crippen LogP contribution in [0.1, 0.15) is 65.9 Å². The summed E-state index contributed by atoms with van der Waals surface area (Å²) < 4.78 is 5.39. The minimum atomic E-state index is -1.04. The van der Waals surface area contributed by atoms with E-state index in [4.69, 9.17) is 4.74 Å². The maximum absolute atomic E-state index is 13.2. The van der Waals surface area contributed by atoms with Gasteiger partial charge in [-0.1, -0.05) is 44.2 Å². The molecule has 8 heteroatoms. The van der Waals surface area contributed by atoms with E-state index < -0.39 is 35.4 Å². The van der Waals surface area contributed by atoms with E-state index in [0.29, 0.717) is 18.6 Å². The molecule has 7 nitrogen and oxygen atoms in total. The Morgan fingerprint density at radius 2 is 1.66 bits per heavy atom.